The molecule has 94 valence electrons. The number of nitrogens with two attached hydrogens (primary N) is 2. The van der Waals surface area contributed by atoms with Gasteiger partial charge >= 0.3 is 0 Å². The number of rotatable bonds is 2. The van der Waals surface area contributed by atoms with Crippen LogP contribution in [0.5, 0.6) is 0 Å². The molecule has 1 fully saturated rings. The molecule has 0 atom stereocenters. The van der Waals surface area contributed by atoms with Crippen LogP contribution in [0.4, 0.5) is 11.9 Å². The maximum Gasteiger partial charge on any atom is 0.225 e. The van der Waals surface area contributed by atoms with E-state index in [4.69, 9.17) is 11.5 Å². The third-order valence-electron chi connectivity index (χ3n) is 3.02. The molecule has 1 saturated heterocycles. The Morgan fingerprint density at radius 3 is 2.47 bits per heavy atom. The van der Waals surface area contributed by atoms with Crippen molar-refractivity contribution in [2.24, 2.45) is 0 Å². The number of nitrogen functional groups attached to an aromatic ring is 2. The van der Waals surface area contributed by atoms with Gasteiger partial charge in [-0.25, -0.2) is 0 Å². The topological polar surface area (TPSA) is 106 Å². The van der Waals surface area contributed by atoms with Gasteiger partial charge < -0.3 is 16.8 Å². The predicted octanol–water partition coefficient (Wildman–Crippen LogP) is -0.780. The summed E-state index contributed by atoms with van der Waals surface area (Å²) in [5.74, 6) is 0.992. The van der Waals surface area contributed by atoms with Crippen molar-refractivity contribution in [2.75, 3.05) is 31.1 Å². The lowest BCUT2D eigenvalue weighted by Crippen LogP contribution is -2.57. The van der Waals surface area contributed by atoms with Crippen LogP contribution in [0.2, 0.25) is 0 Å². The lowest BCUT2D eigenvalue weighted by molar-refractivity contribution is 0.0800. The molecule has 0 spiro atoms. The molecule has 0 unspecified atom stereocenters. The molecular weight excluding hydrogens is 218 g/mol. The smallest absolute Gasteiger partial charge is 0.225 e. The Kier molecular flexibility index (Phi) is 3.12. The Hall–Kier alpha value is -1.47. The van der Waals surface area contributed by atoms with Crippen molar-refractivity contribution in [1.29, 1.82) is 0 Å². The number of piperazine rings is 1. The molecule has 17 heavy (non-hydrogen) atoms. The normalized spacial score (nSPS) is 20.4. The molecule has 2 rings (SSSR count). The summed E-state index contributed by atoms with van der Waals surface area (Å²) < 4.78 is 0. The highest BCUT2D eigenvalue weighted by atomic mass is 15.3. The highest BCUT2D eigenvalue weighted by molar-refractivity contribution is 5.25. The lowest BCUT2D eigenvalue weighted by Gasteiger charge is -2.42. The van der Waals surface area contributed by atoms with E-state index in [2.05, 4.69) is 39.0 Å². The van der Waals surface area contributed by atoms with Crippen LogP contribution in [0.25, 0.3) is 0 Å². The van der Waals surface area contributed by atoms with E-state index < -0.39 is 0 Å². The van der Waals surface area contributed by atoms with Crippen LogP contribution in [-0.4, -0.2) is 45.0 Å². The molecule has 0 bridgehead atoms. The molecule has 1 aliphatic heterocycles. The van der Waals surface area contributed by atoms with Crippen LogP contribution in [-0.2, 0) is 6.54 Å². The lowest BCUT2D eigenvalue weighted by atomic mass is 10.0. The minimum absolute atomic E-state index is 0.0778. The fourth-order valence-corrected chi connectivity index (χ4v) is 2.01. The van der Waals surface area contributed by atoms with Crippen molar-refractivity contribution in [2.45, 2.75) is 25.9 Å². The largest absolute Gasteiger partial charge is 0.368 e. The molecule has 1 aliphatic rings. The Morgan fingerprint density at radius 2 is 1.88 bits per heavy atom. The number of hydrogen-bond donors (Lipinski definition) is 3. The summed E-state index contributed by atoms with van der Waals surface area (Å²) in [5, 5.41) is 3.37. The van der Waals surface area contributed by atoms with E-state index in [-0.39, 0.29) is 17.4 Å². The maximum atomic E-state index is 5.56. The molecule has 1 aromatic rings. The van der Waals surface area contributed by atoms with E-state index in [0.29, 0.717) is 12.4 Å². The summed E-state index contributed by atoms with van der Waals surface area (Å²) in [4.78, 5) is 14.3. The standard InChI is InChI=1S/C10H19N7/c1-10(2)6-13-3-4-17(10)5-7-14-8(11)16-9(12)15-7/h13H,3-6H2,1-2H3,(H4,11,12,14,15,16). The molecule has 7 nitrogen and oxygen atoms in total. The van der Waals surface area contributed by atoms with Crippen molar-refractivity contribution < 1.29 is 0 Å². The molecule has 7 heteroatoms. The van der Waals surface area contributed by atoms with Gasteiger partial charge in [0.15, 0.2) is 0 Å². The Labute approximate surface area is 101 Å². The Bertz CT molecular complexity index is 383. The first-order valence-corrected chi connectivity index (χ1v) is 5.69. The van der Waals surface area contributed by atoms with Gasteiger partial charge in [0, 0.05) is 25.2 Å². The predicted molar refractivity (Wildman–Crippen MR) is 66.0 cm³/mol. The molecule has 5 N–H and O–H groups in total. The summed E-state index contributed by atoms with van der Waals surface area (Å²) in [6, 6.07) is 0. The van der Waals surface area contributed by atoms with E-state index >= 15 is 0 Å². The summed E-state index contributed by atoms with van der Waals surface area (Å²) in [6.07, 6.45) is 0. The fourth-order valence-electron chi connectivity index (χ4n) is 2.01. The molecule has 0 aromatic carbocycles. The zero-order valence-corrected chi connectivity index (χ0v) is 10.3. The first-order chi connectivity index (χ1) is 7.97. The van der Waals surface area contributed by atoms with Crippen LogP contribution in [0.3, 0.4) is 0 Å². The van der Waals surface area contributed by atoms with E-state index in [0.717, 1.165) is 19.6 Å². The number of aromatic nitrogens is 3. The quantitative estimate of drug-likeness (QED) is 0.619. The van der Waals surface area contributed by atoms with Crippen LogP contribution in [0.15, 0.2) is 0 Å². The van der Waals surface area contributed by atoms with Crippen molar-refractivity contribution in [1.82, 2.24) is 25.2 Å². The number of nitrogens with zero attached hydrogens (tertiary/aromatic N) is 4. The van der Waals surface area contributed by atoms with Gasteiger partial charge in [-0.1, -0.05) is 0 Å². The number of anilines is 2. The third kappa shape index (κ3) is 2.80. The fraction of sp³-hybridized carbons (Fsp3) is 0.700. The summed E-state index contributed by atoms with van der Waals surface area (Å²) in [6.45, 7) is 7.90. The van der Waals surface area contributed by atoms with Gasteiger partial charge in [-0.3, -0.25) is 4.90 Å². The van der Waals surface area contributed by atoms with Crippen molar-refractivity contribution in [3.8, 4) is 0 Å². The zero-order chi connectivity index (χ0) is 12.5. The van der Waals surface area contributed by atoms with Crippen molar-refractivity contribution in [3.63, 3.8) is 0 Å². The van der Waals surface area contributed by atoms with Gasteiger partial charge in [0.1, 0.15) is 5.82 Å². The zero-order valence-electron chi connectivity index (χ0n) is 10.3. The van der Waals surface area contributed by atoms with Gasteiger partial charge in [-0.15, -0.1) is 0 Å². The average molecular weight is 237 g/mol. The van der Waals surface area contributed by atoms with Gasteiger partial charge in [0.2, 0.25) is 11.9 Å². The highest BCUT2D eigenvalue weighted by Gasteiger charge is 2.30. The van der Waals surface area contributed by atoms with Crippen LogP contribution >= 0.6 is 0 Å². The SMILES string of the molecule is CC1(C)CNCCN1Cc1nc(N)nc(N)n1. The van der Waals surface area contributed by atoms with Gasteiger partial charge in [-0.05, 0) is 13.8 Å². The average Bonchev–Trinajstić information content (AvgIpc) is 2.19. The monoisotopic (exact) mass is 237 g/mol. The highest BCUT2D eigenvalue weighted by Crippen LogP contribution is 2.18. The van der Waals surface area contributed by atoms with Crippen LogP contribution in [0.1, 0.15) is 19.7 Å². The van der Waals surface area contributed by atoms with E-state index in [9.17, 15) is 0 Å². The van der Waals surface area contributed by atoms with E-state index in [1.807, 2.05) is 0 Å². The minimum Gasteiger partial charge on any atom is -0.368 e. The second-order valence-corrected chi connectivity index (χ2v) is 4.88. The molecule has 0 amide bonds. The van der Waals surface area contributed by atoms with E-state index in [1.165, 1.54) is 0 Å². The Morgan fingerprint density at radius 1 is 1.24 bits per heavy atom. The van der Waals surface area contributed by atoms with Crippen molar-refractivity contribution >= 4 is 11.9 Å². The van der Waals surface area contributed by atoms with Gasteiger partial charge in [0.05, 0.1) is 6.54 Å². The molecule has 0 aliphatic carbocycles. The summed E-state index contributed by atoms with van der Waals surface area (Å²) >= 11 is 0. The van der Waals surface area contributed by atoms with Gasteiger partial charge in [-0.2, -0.15) is 15.0 Å². The maximum absolute atomic E-state index is 5.56. The second-order valence-electron chi connectivity index (χ2n) is 4.88. The number of nitrogens with one attached hydrogen (secondary N) is 1. The minimum atomic E-state index is 0.0778. The van der Waals surface area contributed by atoms with Crippen LogP contribution in [0, 0.1) is 0 Å². The molecule has 0 saturated carbocycles. The number of hydrogen-bond acceptors (Lipinski definition) is 7. The van der Waals surface area contributed by atoms with E-state index in [1.54, 1.807) is 0 Å². The van der Waals surface area contributed by atoms with Crippen molar-refractivity contribution in [3.05, 3.63) is 5.82 Å². The molecule has 2 heterocycles. The molecular formula is C10H19N7. The summed E-state index contributed by atoms with van der Waals surface area (Å²) in [5.41, 5.74) is 11.2. The third-order valence-corrected chi connectivity index (χ3v) is 3.02. The van der Waals surface area contributed by atoms with Crippen LogP contribution < -0.4 is 16.8 Å². The Balaban J connectivity index is 2.14. The summed E-state index contributed by atoms with van der Waals surface area (Å²) in [7, 11) is 0. The molecule has 1 aromatic heterocycles. The molecule has 0 radical (unpaired) electrons. The first-order valence-electron chi connectivity index (χ1n) is 5.69. The second kappa shape index (κ2) is 4.42. The first kappa shape index (κ1) is 12.0. The van der Waals surface area contributed by atoms with Gasteiger partial charge in [0.25, 0.3) is 0 Å².